The molecule has 0 fully saturated rings. The minimum Gasteiger partial charge on any atom is -0.466 e. The molecule has 2 unspecified atom stereocenters. The van der Waals surface area contributed by atoms with Gasteiger partial charge < -0.3 is 20.3 Å². The molecule has 6 heteroatoms. The van der Waals surface area contributed by atoms with E-state index in [1.807, 2.05) is 6.08 Å². The van der Waals surface area contributed by atoms with Gasteiger partial charge in [-0.3, -0.25) is 9.59 Å². The molecule has 0 aromatic carbocycles. The van der Waals surface area contributed by atoms with Crippen LogP contribution in [0.2, 0.25) is 0 Å². The van der Waals surface area contributed by atoms with Crippen molar-refractivity contribution in [2.45, 2.75) is 296 Å². The van der Waals surface area contributed by atoms with Crippen LogP contribution in [0.25, 0.3) is 0 Å². The summed E-state index contributed by atoms with van der Waals surface area (Å²) < 4.78 is 5.45. The van der Waals surface area contributed by atoms with Crippen LogP contribution in [0.3, 0.4) is 0 Å². The van der Waals surface area contributed by atoms with Gasteiger partial charge in [-0.2, -0.15) is 0 Å². The summed E-state index contributed by atoms with van der Waals surface area (Å²) in [6, 6.07) is -0.635. The first-order valence-electron chi connectivity index (χ1n) is 27.9. The molecule has 64 heavy (non-hydrogen) atoms. The number of aliphatic hydroxyl groups excluding tert-OH is 2. The summed E-state index contributed by atoms with van der Waals surface area (Å²) in [6.45, 7) is 4.84. The maximum atomic E-state index is 12.4. The van der Waals surface area contributed by atoms with Gasteiger partial charge in [0, 0.05) is 12.8 Å². The van der Waals surface area contributed by atoms with Gasteiger partial charge in [-0.05, 0) is 89.9 Å². The summed E-state index contributed by atoms with van der Waals surface area (Å²) in [5.41, 5.74) is 0. The lowest BCUT2D eigenvalue weighted by Gasteiger charge is -2.20. The van der Waals surface area contributed by atoms with Crippen molar-refractivity contribution in [3.63, 3.8) is 0 Å². The predicted octanol–water partition coefficient (Wildman–Crippen LogP) is 17.0. The lowest BCUT2D eigenvalue weighted by molar-refractivity contribution is -0.143. The first-order valence-corrected chi connectivity index (χ1v) is 27.9. The van der Waals surface area contributed by atoms with E-state index in [1.165, 1.54) is 180 Å². The van der Waals surface area contributed by atoms with Gasteiger partial charge in [-0.15, -0.1) is 0 Å². The van der Waals surface area contributed by atoms with Gasteiger partial charge in [0.2, 0.25) is 5.91 Å². The Morgan fingerprint density at radius 3 is 1.20 bits per heavy atom. The number of allylic oxidation sites excluding steroid dienone is 7. The molecular weight excluding hydrogens is 791 g/mol. The van der Waals surface area contributed by atoms with Crippen LogP contribution in [0, 0.1) is 0 Å². The van der Waals surface area contributed by atoms with Crippen LogP contribution in [-0.2, 0) is 14.3 Å². The van der Waals surface area contributed by atoms with E-state index in [0.29, 0.717) is 19.4 Å². The molecular formula is C58H107NO5. The molecule has 0 aromatic rings. The van der Waals surface area contributed by atoms with Crippen LogP contribution >= 0.6 is 0 Å². The summed E-state index contributed by atoms with van der Waals surface area (Å²) >= 11 is 0. The molecule has 0 saturated heterocycles. The Balaban J connectivity index is 3.50. The van der Waals surface area contributed by atoms with Crippen molar-refractivity contribution in [1.82, 2.24) is 5.32 Å². The molecule has 0 aliphatic carbocycles. The summed E-state index contributed by atoms with van der Waals surface area (Å²) in [6.07, 6.45) is 67.0. The lowest BCUT2D eigenvalue weighted by Crippen LogP contribution is -2.45. The Kier molecular flexibility index (Phi) is 51.6. The van der Waals surface area contributed by atoms with E-state index in [0.717, 1.165) is 77.0 Å². The summed E-state index contributed by atoms with van der Waals surface area (Å²) in [7, 11) is 0. The van der Waals surface area contributed by atoms with Crippen molar-refractivity contribution in [3.05, 3.63) is 48.6 Å². The van der Waals surface area contributed by atoms with Crippen LogP contribution in [0.5, 0.6) is 0 Å². The molecule has 3 N–H and O–H groups in total. The van der Waals surface area contributed by atoms with E-state index >= 15 is 0 Å². The zero-order valence-corrected chi connectivity index (χ0v) is 42.5. The molecule has 0 radical (unpaired) electrons. The Bertz CT molecular complexity index is 1080. The van der Waals surface area contributed by atoms with Gasteiger partial charge in [0.1, 0.15) is 0 Å². The SMILES string of the molecule is CCCCCCCCC/C=C\CCCCCCCC(=O)OCCCCC/C=C\C=C/CCCCCCCCCCCCC(=O)NC(CO)C(O)/C=C/CCCCCCCCCCCC. The van der Waals surface area contributed by atoms with Crippen LogP contribution < -0.4 is 5.32 Å². The fourth-order valence-electron chi connectivity index (χ4n) is 8.26. The topological polar surface area (TPSA) is 95.9 Å². The molecule has 6 nitrogen and oxygen atoms in total. The highest BCUT2D eigenvalue weighted by Crippen LogP contribution is 2.15. The first-order chi connectivity index (χ1) is 31.5. The molecule has 0 bridgehead atoms. The van der Waals surface area contributed by atoms with Crippen molar-refractivity contribution in [2.24, 2.45) is 0 Å². The number of esters is 1. The molecule has 0 rings (SSSR count). The minimum absolute atomic E-state index is 0.0222. The van der Waals surface area contributed by atoms with Crippen LogP contribution in [0.1, 0.15) is 284 Å². The zero-order chi connectivity index (χ0) is 46.5. The highest BCUT2D eigenvalue weighted by atomic mass is 16.5. The average Bonchev–Trinajstić information content (AvgIpc) is 3.29. The van der Waals surface area contributed by atoms with Crippen molar-refractivity contribution in [1.29, 1.82) is 0 Å². The second-order valence-electron chi connectivity index (χ2n) is 18.9. The lowest BCUT2D eigenvalue weighted by atomic mass is 10.0. The van der Waals surface area contributed by atoms with Crippen molar-refractivity contribution in [3.8, 4) is 0 Å². The monoisotopic (exact) mass is 898 g/mol. The largest absolute Gasteiger partial charge is 0.466 e. The Morgan fingerprint density at radius 2 is 0.781 bits per heavy atom. The van der Waals surface area contributed by atoms with E-state index in [2.05, 4.69) is 55.6 Å². The number of aliphatic hydroxyl groups is 2. The van der Waals surface area contributed by atoms with Crippen molar-refractivity contribution in [2.75, 3.05) is 13.2 Å². The Labute approximate surface area is 397 Å². The molecule has 0 saturated carbocycles. The highest BCUT2D eigenvalue weighted by Gasteiger charge is 2.18. The second kappa shape index (κ2) is 53.4. The van der Waals surface area contributed by atoms with E-state index < -0.39 is 12.1 Å². The molecule has 0 heterocycles. The van der Waals surface area contributed by atoms with Gasteiger partial charge in [0.05, 0.1) is 25.4 Å². The van der Waals surface area contributed by atoms with Gasteiger partial charge in [0.15, 0.2) is 0 Å². The normalized spacial score (nSPS) is 13.0. The fourth-order valence-corrected chi connectivity index (χ4v) is 8.26. The number of hydrogen-bond donors (Lipinski definition) is 3. The van der Waals surface area contributed by atoms with Gasteiger partial charge in [0.25, 0.3) is 0 Å². The second-order valence-corrected chi connectivity index (χ2v) is 18.9. The van der Waals surface area contributed by atoms with Crippen LogP contribution in [-0.4, -0.2) is 47.4 Å². The van der Waals surface area contributed by atoms with E-state index in [1.54, 1.807) is 6.08 Å². The summed E-state index contributed by atoms with van der Waals surface area (Å²) in [5, 5.41) is 23.0. The third kappa shape index (κ3) is 49.3. The van der Waals surface area contributed by atoms with Crippen molar-refractivity contribution < 1.29 is 24.5 Å². The number of carbonyl (C=O) groups excluding carboxylic acids is 2. The zero-order valence-electron chi connectivity index (χ0n) is 42.5. The molecule has 0 aromatic heterocycles. The molecule has 0 aliphatic rings. The standard InChI is InChI=1S/C58H107NO5/c1-3-5-7-9-11-13-15-17-18-25-28-32-36-40-44-48-52-58(63)64-53-49-45-41-37-33-29-26-23-21-19-20-22-24-27-31-35-39-43-47-51-57(62)59-55(54-60)56(61)50-46-42-38-34-30-16-14-12-10-8-6-4-2/h18,23,25-26,29,33,46,50,55-56,60-61H,3-17,19-22,24,27-28,30-32,34-45,47-49,51-54H2,1-2H3,(H,59,62)/b25-18-,26-23-,33-29-,50-46+. The molecule has 0 aliphatic heterocycles. The molecule has 1 amide bonds. The predicted molar refractivity (Wildman–Crippen MR) is 278 cm³/mol. The first kappa shape index (κ1) is 61.8. The average molecular weight is 898 g/mol. The fraction of sp³-hybridized carbons (Fsp3) is 0.828. The molecule has 0 spiro atoms. The highest BCUT2D eigenvalue weighted by molar-refractivity contribution is 5.76. The maximum Gasteiger partial charge on any atom is 0.305 e. The van der Waals surface area contributed by atoms with Crippen molar-refractivity contribution >= 4 is 11.9 Å². The number of nitrogens with one attached hydrogen (secondary N) is 1. The quantitative estimate of drug-likeness (QED) is 0.0245. The van der Waals surface area contributed by atoms with Crippen LogP contribution in [0.15, 0.2) is 48.6 Å². The number of amides is 1. The van der Waals surface area contributed by atoms with Gasteiger partial charge in [-0.25, -0.2) is 0 Å². The van der Waals surface area contributed by atoms with Crippen LogP contribution in [0.4, 0.5) is 0 Å². The number of carbonyl (C=O) groups is 2. The molecule has 374 valence electrons. The summed E-state index contributed by atoms with van der Waals surface area (Å²) in [5.74, 6) is -0.102. The van der Waals surface area contributed by atoms with Gasteiger partial charge >= 0.3 is 5.97 Å². The maximum absolute atomic E-state index is 12.4. The third-order valence-corrected chi connectivity index (χ3v) is 12.6. The number of hydrogen-bond acceptors (Lipinski definition) is 5. The minimum atomic E-state index is -0.851. The number of ether oxygens (including phenoxy) is 1. The smallest absolute Gasteiger partial charge is 0.305 e. The molecule has 2 atom stereocenters. The van der Waals surface area contributed by atoms with Gasteiger partial charge in [-0.1, -0.05) is 229 Å². The third-order valence-electron chi connectivity index (χ3n) is 12.6. The summed E-state index contributed by atoms with van der Waals surface area (Å²) in [4.78, 5) is 24.4. The Hall–Kier alpha value is -2.18. The number of rotatable bonds is 51. The van der Waals surface area contributed by atoms with E-state index in [4.69, 9.17) is 4.74 Å². The Morgan fingerprint density at radius 1 is 0.438 bits per heavy atom. The van der Waals surface area contributed by atoms with E-state index in [-0.39, 0.29) is 18.5 Å². The number of unbranched alkanes of at least 4 members (excludes halogenated alkanes) is 35. The van der Waals surface area contributed by atoms with E-state index in [9.17, 15) is 19.8 Å².